The lowest BCUT2D eigenvalue weighted by molar-refractivity contribution is 0.624. The first-order valence-corrected chi connectivity index (χ1v) is 6.73. The molecule has 102 valence electrons. The number of benzene rings is 2. The second kappa shape index (κ2) is 5.16. The number of hydrogen-bond donors (Lipinski definition) is 0. The molecular formula is C17H10ClFN2. The minimum Gasteiger partial charge on any atom is -0.253 e. The lowest BCUT2D eigenvalue weighted by Gasteiger charge is -2.10. The number of rotatable bonds is 1. The first kappa shape index (κ1) is 13.5. The largest absolute Gasteiger partial charge is 0.253 e. The van der Waals surface area contributed by atoms with E-state index < -0.39 is 0 Å². The van der Waals surface area contributed by atoms with Crippen LogP contribution in [0.1, 0.15) is 11.1 Å². The van der Waals surface area contributed by atoms with Crippen LogP contribution in [-0.2, 0) is 0 Å². The lowest BCUT2D eigenvalue weighted by atomic mass is 9.98. The molecule has 0 bridgehead atoms. The minimum atomic E-state index is -0.367. The van der Waals surface area contributed by atoms with E-state index in [1.165, 1.54) is 12.3 Å². The molecule has 0 aliphatic carbocycles. The summed E-state index contributed by atoms with van der Waals surface area (Å²) in [6.07, 6.45) is 1.20. The molecule has 4 heteroatoms. The van der Waals surface area contributed by atoms with Crippen molar-refractivity contribution in [2.45, 2.75) is 6.92 Å². The van der Waals surface area contributed by atoms with Gasteiger partial charge < -0.3 is 0 Å². The van der Waals surface area contributed by atoms with E-state index in [4.69, 9.17) is 16.9 Å². The Kier molecular flexibility index (Phi) is 3.32. The maximum Gasteiger partial charge on any atom is 0.142 e. The zero-order chi connectivity index (χ0) is 15.0. The highest BCUT2D eigenvalue weighted by atomic mass is 35.5. The molecule has 0 atom stereocenters. The van der Waals surface area contributed by atoms with Gasteiger partial charge in [-0.25, -0.2) is 4.39 Å². The van der Waals surface area contributed by atoms with E-state index in [2.05, 4.69) is 11.1 Å². The molecule has 0 fully saturated rings. The van der Waals surface area contributed by atoms with Crippen LogP contribution < -0.4 is 0 Å². The Morgan fingerprint density at radius 1 is 1.14 bits per heavy atom. The summed E-state index contributed by atoms with van der Waals surface area (Å²) < 4.78 is 13.4. The second-order valence-electron chi connectivity index (χ2n) is 4.79. The summed E-state index contributed by atoms with van der Waals surface area (Å²) in [5, 5.41) is 10.1. The number of pyridine rings is 1. The molecule has 2 nitrogen and oxygen atoms in total. The van der Waals surface area contributed by atoms with Crippen LogP contribution in [-0.4, -0.2) is 4.98 Å². The molecule has 3 rings (SSSR count). The van der Waals surface area contributed by atoms with Crippen molar-refractivity contribution in [3.05, 3.63) is 64.6 Å². The molecular weight excluding hydrogens is 287 g/mol. The summed E-state index contributed by atoms with van der Waals surface area (Å²) >= 11 is 6.26. The van der Waals surface area contributed by atoms with E-state index in [1.54, 1.807) is 18.2 Å². The van der Waals surface area contributed by atoms with Crippen molar-refractivity contribution >= 4 is 22.5 Å². The highest BCUT2D eigenvalue weighted by molar-refractivity contribution is 6.33. The molecule has 0 saturated carbocycles. The molecule has 0 amide bonds. The Bertz CT molecular complexity index is 897. The molecule has 2 aromatic carbocycles. The monoisotopic (exact) mass is 296 g/mol. The Morgan fingerprint density at radius 3 is 2.62 bits per heavy atom. The lowest BCUT2D eigenvalue weighted by Crippen LogP contribution is -1.90. The summed E-state index contributed by atoms with van der Waals surface area (Å²) in [6, 6.07) is 12.5. The van der Waals surface area contributed by atoms with Gasteiger partial charge in [0.25, 0.3) is 0 Å². The number of aryl methyl sites for hydroxylation is 1. The number of fused-ring (bicyclic) bond motifs is 1. The number of aromatic nitrogens is 1. The van der Waals surface area contributed by atoms with Gasteiger partial charge in [-0.3, -0.25) is 4.98 Å². The summed E-state index contributed by atoms with van der Waals surface area (Å²) in [5.74, 6) is -0.367. The molecule has 0 radical (unpaired) electrons. The van der Waals surface area contributed by atoms with Crippen LogP contribution in [0.25, 0.3) is 22.0 Å². The molecule has 0 saturated heterocycles. The molecule has 1 heterocycles. The summed E-state index contributed by atoms with van der Waals surface area (Å²) in [7, 11) is 0. The van der Waals surface area contributed by atoms with E-state index in [0.717, 1.165) is 22.1 Å². The molecule has 0 aliphatic rings. The van der Waals surface area contributed by atoms with Gasteiger partial charge in [0.05, 0.1) is 23.3 Å². The summed E-state index contributed by atoms with van der Waals surface area (Å²) in [5.41, 5.74) is 3.75. The highest BCUT2D eigenvalue weighted by Gasteiger charge is 2.11. The van der Waals surface area contributed by atoms with E-state index in [0.29, 0.717) is 16.1 Å². The van der Waals surface area contributed by atoms with Gasteiger partial charge in [-0.2, -0.15) is 5.26 Å². The molecule has 1 aromatic heterocycles. The summed E-state index contributed by atoms with van der Waals surface area (Å²) in [4.78, 5) is 4.20. The fourth-order valence-electron chi connectivity index (χ4n) is 2.35. The fraction of sp³-hybridized carbons (Fsp3) is 0.0588. The second-order valence-corrected chi connectivity index (χ2v) is 5.19. The highest BCUT2D eigenvalue weighted by Crippen LogP contribution is 2.34. The first-order valence-electron chi connectivity index (χ1n) is 6.35. The zero-order valence-corrected chi connectivity index (χ0v) is 11.9. The van der Waals surface area contributed by atoms with Gasteiger partial charge in [0, 0.05) is 21.5 Å². The van der Waals surface area contributed by atoms with Gasteiger partial charge in [0.2, 0.25) is 0 Å². The van der Waals surface area contributed by atoms with Gasteiger partial charge in [0.15, 0.2) is 0 Å². The Labute approximate surface area is 126 Å². The van der Waals surface area contributed by atoms with Gasteiger partial charge >= 0.3 is 0 Å². The Balaban J connectivity index is 2.31. The smallest absolute Gasteiger partial charge is 0.142 e. The van der Waals surface area contributed by atoms with Crippen molar-refractivity contribution in [2.75, 3.05) is 0 Å². The number of hydrogen-bond acceptors (Lipinski definition) is 2. The number of nitrogens with zero attached hydrogens (tertiary/aromatic N) is 2. The van der Waals surface area contributed by atoms with Crippen molar-refractivity contribution in [2.24, 2.45) is 0 Å². The SMILES string of the molecule is Cc1ccc(-c2ccc(C#N)cc2Cl)c2ncc(F)cc12. The van der Waals surface area contributed by atoms with Crippen molar-refractivity contribution in [1.29, 1.82) is 5.26 Å². The van der Waals surface area contributed by atoms with Crippen LogP contribution in [0.4, 0.5) is 4.39 Å². The molecule has 21 heavy (non-hydrogen) atoms. The standard InChI is InChI=1S/C17H10ClFN2/c1-10-2-4-14(17-15(10)7-12(19)9-21-17)13-5-3-11(8-20)6-16(13)18/h2-7,9H,1H3. The van der Waals surface area contributed by atoms with Gasteiger partial charge in [0.1, 0.15) is 5.82 Å². The normalized spacial score (nSPS) is 10.6. The maximum absolute atomic E-state index is 13.4. The fourth-order valence-corrected chi connectivity index (χ4v) is 2.63. The third-order valence-corrected chi connectivity index (χ3v) is 3.74. The Morgan fingerprint density at radius 2 is 1.90 bits per heavy atom. The maximum atomic E-state index is 13.4. The summed E-state index contributed by atoms with van der Waals surface area (Å²) in [6.45, 7) is 1.91. The topological polar surface area (TPSA) is 36.7 Å². The third-order valence-electron chi connectivity index (χ3n) is 3.42. The molecule has 3 aromatic rings. The van der Waals surface area contributed by atoms with E-state index in [1.807, 2.05) is 19.1 Å². The molecule has 0 aliphatic heterocycles. The van der Waals surface area contributed by atoms with Crippen LogP contribution in [0, 0.1) is 24.1 Å². The van der Waals surface area contributed by atoms with Crippen molar-refractivity contribution < 1.29 is 4.39 Å². The van der Waals surface area contributed by atoms with E-state index >= 15 is 0 Å². The van der Waals surface area contributed by atoms with Crippen molar-refractivity contribution in [1.82, 2.24) is 4.98 Å². The molecule has 0 unspecified atom stereocenters. The van der Waals surface area contributed by atoms with E-state index in [-0.39, 0.29) is 5.82 Å². The number of nitriles is 1. The van der Waals surface area contributed by atoms with Crippen molar-refractivity contribution in [3.63, 3.8) is 0 Å². The number of halogens is 2. The minimum absolute atomic E-state index is 0.367. The predicted molar refractivity (Wildman–Crippen MR) is 81.6 cm³/mol. The average Bonchev–Trinajstić information content (AvgIpc) is 2.48. The molecule has 0 N–H and O–H groups in total. The van der Waals surface area contributed by atoms with Crippen LogP contribution in [0.3, 0.4) is 0 Å². The van der Waals surface area contributed by atoms with Crippen LogP contribution in [0.15, 0.2) is 42.6 Å². The van der Waals surface area contributed by atoms with Crippen molar-refractivity contribution in [3.8, 4) is 17.2 Å². The van der Waals surface area contributed by atoms with Gasteiger partial charge in [-0.1, -0.05) is 29.8 Å². The van der Waals surface area contributed by atoms with Gasteiger partial charge in [-0.15, -0.1) is 0 Å². The zero-order valence-electron chi connectivity index (χ0n) is 11.2. The first-order chi connectivity index (χ1) is 10.1. The average molecular weight is 297 g/mol. The van der Waals surface area contributed by atoms with Crippen LogP contribution >= 0.6 is 11.6 Å². The molecule has 0 spiro atoms. The van der Waals surface area contributed by atoms with Crippen LogP contribution in [0.5, 0.6) is 0 Å². The van der Waals surface area contributed by atoms with E-state index in [9.17, 15) is 4.39 Å². The quantitative estimate of drug-likeness (QED) is 0.642. The third kappa shape index (κ3) is 2.35. The van der Waals surface area contributed by atoms with Gasteiger partial charge in [-0.05, 0) is 30.7 Å². The Hall–Kier alpha value is -2.44. The predicted octanol–water partition coefficient (Wildman–Crippen LogP) is 4.87. The van der Waals surface area contributed by atoms with Crippen LogP contribution in [0.2, 0.25) is 5.02 Å².